The third kappa shape index (κ3) is 4.37. The van der Waals surface area contributed by atoms with Gasteiger partial charge in [0.15, 0.2) is 34.7 Å². The molecule has 0 atom stereocenters. The summed E-state index contributed by atoms with van der Waals surface area (Å²) in [5, 5.41) is 2.44. The summed E-state index contributed by atoms with van der Waals surface area (Å²) in [7, 11) is 9.50. The zero-order valence-corrected chi connectivity index (χ0v) is 28.7. The van der Waals surface area contributed by atoms with Gasteiger partial charge in [-0.15, -0.1) is 0 Å². The highest BCUT2D eigenvalue weighted by molar-refractivity contribution is 6.99. The lowest BCUT2D eigenvalue weighted by Gasteiger charge is -2.10. The normalized spacial score (nSPS) is 11.7. The molecule has 0 saturated heterocycles. The molecule has 0 saturated carbocycles. The molecular weight excluding hydrogens is 677 g/mol. The second kappa shape index (κ2) is 11.5. The van der Waals surface area contributed by atoms with Gasteiger partial charge in [0.1, 0.15) is 57.1 Å². The molecule has 254 valence electrons. The highest BCUT2D eigenvalue weighted by Crippen LogP contribution is 2.47. The van der Waals surface area contributed by atoms with Gasteiger partial charge >= 0.3 is 0 Å². The number of nitrogens with one attached hydrogen (secondary N) is 2. The molecule has 16 nitrogen and oxygen atoms in total. The monoisotopic (exact) mass is 702 g/mol. The topological polar surface area (TPSA) is 190 Å². The van der Waals surface area contributed by atoms with E-state index in [-0.39, 0.29) is 0 Å². The summed E-state index contributed by atoms with van der Waals surface area (Å²) in [5.41, 5.74) is 3.68. The van der Waals surface area contributed by atoms with E-state index in [2.05, 4.69) is 18.7 Å². The van der Waals surface area contributed by atoms with Crippen molar-refractivity contribution in [1.29, 1.82) is 0 Å². The number of aromatic amines is 2. The third-order valence-corrected chi connectivity index (χ3v) is 9.31. The van der Waals surface area contributed by atoms with Gasteiger partial charge in [0.2, 0.25) is 0 Å². The highest BCUT2D eigenvalue weighted by Gasteiger charge is 2.30. The molecule has 17 heteroatoms. The first-order valence-electron chi connectivity index (χ1n) is 15.4. The lowest BCUT2D eigenvalue weighted by molar-refractivity contribution is 0.406. The molecule has 0 unspecified atom stereocenters. The third-order valence-electron chi connectivity index (χ3n) is 8.78. The summed E-state index contributed by atoms with van der Waals surface area (Å²) in [4.78, 5) is 36.7. The van der Waals surface area contributed by atoms with Crippen molar-refractivity contribution >= 4 is 55.9 Å². The lowest BCUT2D eigenvalue weighted by Crippen LogP contribution is -1.93. The van der Waals surface area contributed by atoms with Crippen LogP contribution in [-0.2, 0) is 0 Å². The van der Waals surface area contributed by atoms with Crippen molar-refractivity contribution in [2.24, 2.45) is 0 Å². The van der Waals surface area contributed by atoms with E-state index in [1.54, 1.807) is 79.1 Å². The molecule has 4 aromatic heterocycles. The first kappa shape index (κ1) is 30.4. The van der Waals surface area contributed by atoms with E-state index in [9.17, 15) is 0 Å². The van der Waals surface area contributed by atoms with E-state index in [0.717, 1.165) is 11.7 Å². The fourth-order valence-corrected chi connectivity index (χ4v) is 7.09. The van der Waals surface area contributed by atoms with E-state index in [1.165, 1.54) is 0 Å². The summed E-state index contributed by atoms with van der Waals surface area (Å²) >= 11 is 1.03. The van der Waals surface area contributed by atoms with Crippen LogP contribution in [0.4, 0.5) is 0 Å². The Balaban J connectivity index is 1.56. The molecule has 2 aliphatic rings. The molecule has 0 amide bonds. The van der Waals surface area contributed by atoms with Crippen molar-refractivity contribution < 1.29 is 28.4 Å². The van der Waals surface area contributed by atoms with Crippen molar-refractivity contribution in [2.75, 3.05) is 42.7 Å². The minimum Gasteiger partial charge on any atom is -0.496 e. The fourth-order valence-electron chi connectivity index (χ4n) is 6.55. The second-order valence-electron chi connectivity index (χ2n) is 11.2. The van der Waals surface area contributed by atoms with Gasteiger partial charge in [-0.2, -0.15) is 8.75 Å². The van der Waals surface area contributed by atoms with Crippen LogP contribution in [0.1, 0.15) is 0 Å². The largest absolute Gasteiger partial charge is 0.496 e. The lowest BCUT2D eigenvalue weighted by atomic mass is 10.1. The van der Waals surface area contributed by atoms with Gasteiger partial charge in [-0.05, 0) is 36.4 Å². The van der Waals surface area contributed by atoms with Crippen molar-refractivity contribution in [3.05, 3.63) is 36.4 Å². The Morgan fingerprint density at radius 3 is 1.02 bits per heavy atom. The van der Waals surface area contributed by atoms with Crippen LogP contribution in [0.15, 0.2) is 36.4 Å². The number of benzene rings is 3. The van der Waals surface area contributed by atoms with Gasteiger partial charge in [0.25, 0.3) is 0 Å². The Morgan fingerprint density at radius 2 is 0.686 bits per heavy atom. The van der Waals surface area contributed by atoms with Crippen LogP contribution in [0.25, 0.3) is 89.9 Å². The van der Waals surface area contributed by atoms with E-state index in [1.807, 2.05) is 0 Å². The van der Waals surface area contributed by atoms with Crippen LogP contribution in [0.5, 0.6) is 34.5 Å². The van der Waals surface area contributed by atoms with Gasteiger partial charge < -0.3 is 38.4 Å². The van der Waals surface area contributed by atoms with Crippen LogP contribution in [-0.4, -0.2) is 91.3 Å². The smallest absolute Gasteiger partial charge is 0.185 e. The quantitative estimate of drug-likeness (QED) is 0.212. The van der Waals surface area contributed by atoms with E-state index in [0.29, 0.717) is 124 Å². The fraction of sp³-hybridized carbons (Fsp3) is 0.176. The molecule has 0 aliphatic carbocycles. The number of hydrogen-bond donors (Lipinski definition) is 2. The zero-order chi connectivity index (χ0) is 35.0. The maximum atomic E-state index is 5.85. The minimum atomic E-state index is 0.292. The number of ether oxygens (including phenoxy) is 6. The first-order chi connectivity index (χ1) is 25.0. The SMILES string of the molecule is COc1ccc(OC)c2c1-c1nc-2nc2[nH]c(nc3nc(nc4[nH]c(n1)c1c(OC)ccc(OC)c41)-c1nsnc1-3)c1c(OC)ccc(OC)c21. The summed E-state index contributed by atoms with van der Waals surface area (Å²) in [6.45, 7) is 0. The molecular formula is C34H26N10O6S. The van der Waals surface area contributed by atoms with Gasteiger partial charge in [0, 0.05) is 0 Å². The molecule has 0 spiro atoms. The number of nitrogens with zero attached hydrogens (tertiary/aromatic N) is 8. The van der Waals surface area contributed by atoms with Gasteiger partial charge in [-0.1, -0.05) is 0 Å². The molecule has 9 rings (SSSR count). The first-order valence-corrected chi connectivity index (χ1v) is 16.1. The van der Waals surface area contributed by atoms with Crippen LogP contribution in [0.2, 0.25) is 0 Å². The Labute approximate surface area is 291 Å². The average Bonchev–Trinajstić information content (AvgIpc) is 3.98. The van der Waals surface area contributed by atoms with Crippen molar-refractivity contribution in [3.63, 3.8) is 0 Å². The maximum Gasteiger partial charge on any atom is 0.185 e. The highest BCUT2D eigenvalue weighted by atomic mass is 32.1. The van der Waals surface area contributed by atoms with E-state index in [4.69, 9.17) is 58.3 Å². The summed E-state index contributed by atoms with van der Waals surface area (Å²) in [5.74, 6) is 4.34. The Hall–Kier alpha value is -6.62. The predicted molar refractivity (Wildman–Crippen MR) is 189 cm³/mol. The molecule has 0 fully saturated rings. The summed E-state index contributed by atoms with van der Waals surface area (Å²) in [6.07, 6.45) is 0. The number of methoxy groups -OCH3 is 6. The van der Waals surface area contributed by atoms with Gasteiger partial charge in [-0.3, -0.25) is 0 Å². The van der Waals surface area contributed by atoms with Gasteiger partial charge in [0.05, 0.1) is 87.1 Å². The van der Waals surface area contributed by atoms with Crippen molar-refractivity contribution in [1.82, 2.24) is 48.6 Å². The minimum absolute atomic E-state index is 0.292. The average molecular weight is 703 g/mol. The summed E-state index contributed by atoms with van der Waals surface area (Å²) < 4.78 is 44.0. The molecule has 8 bridgehead atoms. The Bertz CT molecular complexity index is 2580. The zero-order valence-electron chi connectivity index (χ0n) is 27.9. The molecule has 2 N–H and O–H groups in total. The van der Waals surface area contributed by atoms with Crippen LogP contribution < -0.4 is 28.4 Å². The molecule has 7 aromatic rings. The maximum absolute atomic E-state index is 5.85. The number of rotatable bonds is 6. The number of aromatic nitrogens is 10. The summed E-state index contributed by atoms with van der Waals surface area (Å²) in [6, 6.07) is 10.8. The van der Waals surface area contributed by atoms with E-state index < -0.39 is 0 Å². The molecule has 6 heterocycles. The molecule has 51 heavy (non-hydrogen) atoms. The van der Waals surface area contributed by atoms with E-state index >= 15 is 0 Å². The predicted octanol–water partition coefficient (Wildman–Crippen LogP) is 5.77. The molecule has 0 radical (unpaired) electrons. The van der Waals surface area contributed by atoms with Gasteiger partial charge in [-0.25, -0.2) is 29.9 Å². The van der Waals surface area contributed by atoms with Crippen molar-refractivity contribution in [2.45, 2.75) is 0 Å². The van der Waals surface area contributed by atoms with Crippen LogP contribution >= 0.6 is 11.7 Å². The Kier molecular flexibility index (Phi) is 6.85. The molecule has 2 aliphatic heterocycles. The number of fused-ring (bicyclic) bond motifs is 20. The van der Waals surface area contributed by atoms with Crippen LogP contribution in [0.3, 0.4) is 0 Å². The number of hydrogen-bond acceptors (Lipinski definition) is 15. The number of H-pyrrole nitrogens is 2. The standard InChI is InChI=1S/C34H26N10O6S/c1-45-13-7-8-14(46-2)20-19(13)27-35-28(20)37-30-22-16(48-4)10-12-18(50-6)24(22)32(39-30)41-34-26-25(43-51-44-26)33(42-34)40-31-23-17(49-5)11-9-15(47-3)21(23)29(36-27)38-31/h7-12H,1-6H3,(H2,35,36,37,38,39,40,41,42). The van der Waals surface area contributed by atoms with Crippen LogP contribution in [0, 0.1) is 0 Å². The van der Waals surface area contributed by atoms with Crippen molar-refractivity contribution in [3.8, 4) is 80.3 Å². The molecule has 3 aromatic carbocycles. The second-order valence-corrected chi connectivity index (χ2v) is 11.8. The Morgan fingerprint density at radius 1 is 0.392 bits per heavy atom.